The normalized spacial score (nSPS) is 24.7. The van der Waals surface area contributed by atoms with Crippen LogP contribution in [-0.2, 0) is 9.53 Å². The molecule has 0 aliphatic carbocycles. The molecule has 0 amide bonds. The molecule has 9 heteroatoms. The summed E-state index contributed by atoms with van der Waals surface area (Å²) in [6, 6.07) is 0. The summed E-state index contributed by atoms with van der Waals surface area (Å²) in [6.07, 6.45) is -1.04. The number of hydrogen-bond donors (Lipinski definition) is 7. The van der Waals surface area contributed by atoms with E-state index in [9.17, 15) is 30.3 Å². The predicted molar refractivity (Wildman–Crippen MR) is 71.5 cm³/mol. The standard InChI is InChI=1S/C12H22N2O7/c13-4-2-1-3-11(14,10(18)19)12(20,6-15)9-8(17)7(16)5-21-9/h9,15-17,20H,1-6,13-14H2,(H,18,19)/t9-,11?,12+/m0/s1. The maximum Gasteiger partial charge on any atom is 0.326 e. The van der Waals surface area contributed by atoms with E-state index in [4.69, 9.17) is 16.2 Å². The van der Waals surface area contributed by atoms with Crippen LogP contribution in [-0.4, -0.2) is 68.5 Å². The predicted octanol–water partition coefficient (Wildman–Crippen LogP) is -1.65. The Kier molecular flexibility index (Phi) is 5.54. The number of carboxylic acids is 1. The zero-order chi connectivity index (χ0) is 16.3. The minimum absolute atomic E-state index is 0.190. The van der Waals surface area contributed by atoms with Crippen molar-refractivity contribution in [1.82, 2.24) is 0 Å². The van der Waals surface area contributed by atoms with Gasteiger partial charge in [0.1, 0.15) is 17.7 Å². The number of aliphatic hydroxyl groups is 4. The molecule has 0 saturated heterocycles. The van der Waals surface area contributed by atoms with Gasteiger partial charge in [0.25, 0.3) is 0 Å². The number of nitrogens with two attached hydrogens (primary N) is 2. The first-order chi connectivity index (χ1) is 9.74. The van der Waals surface area contributed by atoms with Crippen LogP contribution in [0.5, 0.6) is 0 Å². The van der Waals surface area contributed by atoms with Crippen molar-refractivity contribution in [3.8, 4) is 0 Å². The fourth-order valence-electron chi connectivity index (χ4n) is 2.35. The van der Waals surface area contributed by atoms with Gasteiger partial charge in [-0.25, -0.2) is 0 Å². The van der Waals surface area contributed by atoms with E-state index in [1.807, 2.05) is 0 Å². The second kappa shape index (κ2) is 6.58. The summed E-state index contributed by atoms with van der Waals surface area (Å²) in [4.78, 5) is 11.5. The number of unbranched alkanes of at least 4 members (excludes halogenated alkanes) is 1. The van der Waals surface area contributed by atoms with Crippen molar-refractivity contribution < 1.29 is 35.1 Å². The van der Waals surface area contributed by atoms with Crippen LogP contribution in [0.2, 0.25) is 0 Å². The van der Waals surface area contributed by atoms with Crippen molar-refractivity contribution in [2.45, 2.75) is 36.5 Å². The number of ether oxygens (including phenoxy) is 1. The topological polar surface area (TPSA) is 179 Å². The molecule has 122 valence electrons. The Hall–Kier alpha value is -1.39. The SMILES string of the molecule is NCCCCC(N)(C(=O)O)[C@@](O)(CO)[C@H]1OCC(O)=C1O. The third-order valence-corrected chi connectivity index (χ3v) is 3.78. The minimum Gasteiger partial charge on any atom is -0.506 e. The zero-order valence-corrected chi connectivity index (χ0v) is 11.5. The molecule has 0 radical (unpaired) electrons. The highest BCUT2D eigenvalue weighted by Crippen LogP contribution is 2.36. The molecule has 1 aliphatic heterocycles. The first-order valence-corrected chi connectivity index (χ1v) is 6.52. The van der Waals surface area contributed by atoms with Crippen LogP contribution in [0.3, 0.4) is 0 Å². The number of carboxylic acid groups (broad SMARTS) is 1. The van der Waals surface area contributed by atoms with Gasteiger partial charge in [-0.3, -0.25) is 4.79 Å². The number of aliphatic hydroxyl groups excluding tert-OH is 3. The van der Waals surface area contributed by atoms with Gasteiger partial charge in [-0.05, 0) is 25.8 Å². The van der Waals surface area contributed by atoms with Crippen molar-refractivity contribution in [1.29, 1.82) is 0 Å². The summed E-state index contributed by atoms with van der Waals surface area (Å²) < 4.78 is 4.98. The van der Waals surface area contributed by atoms with E-state index in [1.54, 1.807) is 0 Å². The van der Waals surface area contributed by atoms with Gasteiger partial charge in [-0.15, -0.1) is 0 Å². The second-order valence-corrected chi connectivity index (χ2v) is 5.13. The van der Waals surface area contributed by atoms with E-state index in [2.05, 4.69) is 0 Å². The Morgan fingerprint density at radius 2 is 2.00 bits per heavy atom. The molecule has 0 bridgehead atoms. The summed E-state index contributed by atoms with van der Waals surface area (Å²) in [5, 5.41) is 48.5. The number of rotatable bonds is 8. The molecule has 1 aliphatic rings. The lowest BCUT2D eigenvalue weighted by atomic mass is 9.73. The molecule has 1 unspecified atom stereocenters. The monoisotopic (exact) mass is 306 g/mol. The van der Waals surface area contributed by atoms with Crippen LogP contribution in [0.1, 0.15) is 19.3 Å². The Morgan fingerprint density at radius 1 is 1.38 bits per heavy atom. The van der Waals surface area contributed by atoms with Crippen molar-refractivity contribution >= 4 is 5.97 Å². The lowest BCUT2D eigenvalue weighted by molar-refractivity contribution is -0.183. The molecule has 3 atom stereocenters. The van der Waals surface area contributed by atoms with Crippen LogP contribution in [0.25, 0.3) is 0 Å². The van der Waals surface area contributed by atoms with Gasteiger partial charge in [-0.2, -0.15) is 0 Å². The van der Waals surface area contributed by atoms with E-state index in [0.717, 1.165) is 0 Å². The largest absolute Gasteiger partial charge is 0.506 e. The molecular weight excluding hydrogens is 284 g/mol. The molecule has 0 fully saturated rings. The highest BCUT2D eigenvalue weighted by molar-refractivity contribution is 5.81. The molecule has 9 N–H and O–H groups in total. The van der Waals surface area contributed by atoms with Gasteiger partial charge < -0.3 is 41.7 Å². The molecule has 1 rings (SSSR count). The minimum atomic E-state index is -2.50. The quantitative estimate of drug-likeness (QED) is 0.258. The first-order valence-electron chi connectivity index (χ1n) is 6.52. The summed E-state index contributed by atoms with van der Waals surface area (Å²) >= 11 is 0. The molecule has 9 nitrogen and oxygen atoms in total. The Bertz CT molecular complexity index is 428. The highest BCUT2D eigenvalue weighted by Gasteiger charge is 2.60. The van der Waals surface area contributed by atoms with E-state index in [1.165, 1.54) is 0 Å². The first kappa shape index (κ1) is 17.7. The molecule has 0 aromatic rings. The molecule has 0 saturated carbocycles. The van der Waals surface area contributed by atoms with Gasteiger partial charge >= 0.3 is 5.97 Å². The van der Waals surface area contributed by atoms with Crippen LogP contribution in [0.4, 0.5) is 0 Å². The third kappa shape index (κ3) is 2.97. The van der Waals surface area contributed by atoms with E-state index in [0.29, 0.717) is 19.4 Å². The average Bonchev–Trinajstić information content (AvgIpc) is 2.78. The lowest BCUT2D eigenvalue weighted by Crippen LogP contribution is -2.72. The molecular formula is C12H22N2O7. The van der Waals surface area contributed by atoms with Crippen molar-refractivity contribution in [3.05, 3.63) is 11.5 Å². The third-order valence-electron chi connectivity index (χ3n) is 3.78. The van der Waals surface area contributed by atoms with Crippen LogP contribution < -0.4 is 11.5 Å². The Balaban J connectivity index is 3.14. The Labute approximate surface area is 121 Å². The van der Waals surface area contributed by atoms with Gasteiger partial charge in [0.15, 0.2) is 17.6 Å². The average molecular weight is 306 g/mol. The maximum absolute atomic E-state index is 11.5. The molecule has 0 aromatic heterocycles. The van der Waals surface area contributed by atoms with Crippen molar-refractivity contribution in [2.24, 2.45) is 11.5 Å². The fraction of sp³-hybridized carbons (Fsp3) is 0.750. The molecule has 0 spiro atoms. The summed E-state index contributed by atoms with van der Waals surface area (Å²) in [5.74, 6) is -2.83. The van der Waals surface area contributed by atoms with Gasteiger partial charge in [-0.1, -0.05) is 0 Å². The van der Waals surface area contributed by atoms with Crippen molar-refractivity contribution in [2.75, 3.05) is 19.8 Å². The van der Waals surface area contributed by atoms with E-state index in [-0.39, 0.29) is 6.42 Å². The smallest absolute Gasteiger partial charge is 0.326 e. The van der Waals surface area contributed by atoms with Gasteiger partial charge in [0.2, 0.25) is 0 Å². The molecule has 21 heavy (non-hydrogen) atoms. The molecule has 0 aromatic carbocycles. The van der Waals surface area contributed by atoms with Gasteiger partial charge in [0, 0.05) is 0 Å². The van der Waals surface area contributed by atoms with Gasteiger partial charge in [0.05, 0.1) is 6.61 Å². The number of aliphatic carboxylic acids is 1. The highest BCUT2D eigenvalue weighted by atomic mass is 16.5. The Morgan fingerprint density at radius 3 is 2.38 bits per heavy atom. The van der Waals surface area contributed by atoms with Crippen molar-refractivity contribution in [3.63, 3.8) is 0 Å². The summed E-state index contributed by atoms with van der Waals surface area (Å²) in [6.45, 7) is -1.16. The summed E-state index contributed by atoms with van der Waals surface area (Å²) in [7, 11) is 0. The second-order valence-electron chi connectivity index (χ2n) is 5.13. The number of hydrogen-bond acceptors (Lipinski definition) is 8. The lowest BCUT2D eigenvalue weighted by Gasteiger charge is -2.43. The van der Waals surface area contributed by atoms with Crippen LogP contribution >= 0.6 is 0 Å². The summed E-state index contributed by atoms with van der Waals surface area (Å²) in [5.41, 5.74) is 6.37. The zero-order valence-electron chi connectivity index (χ0n) is 11.5. The van der Waals surface area contributed by atoms with Crippen LogP contribution in [0.15, 0.2) is 11.5 Å². The van der Waals surface area contributed by atoms with Crippen LogP contribution in [0, 0.1) is 0 Å². The van der Waals surface area contributed by atoms with E-state index < -0.39 is 47.9 Å². The number of carbonyl (C=O) groups is 1. The maximum atomic E-state index is 11.5. The fourth-order valence-corrected chi connectivity index (χ4v) is 2.35. The molecule has 1 heterocycles. The van der Waals surface area contributed by atoms with E-state index >= 15 is 0 Å².